The van der Waals surface area contributed by atoms with E-state index in [-0.39, 0.29) is 41.5 Å². The van der Waals surface area contributed by atoms with Crippen molar-refractivity contribution in [3.63, 3.8) is 0 Å². The third-order valence-electron chi connectivity index (χ3n) is 12.0. The molecule has 3 fully saturated rings. The first-order chi connectivity index (χ1) is 34.6. The summed E-state index contributed by atoms with van der Waals surface area (Å²) in [7, 11) is -14.1. The van der Waals surface area contributed by atoms with Crippen molar-refractivity contribution >= 4 is 88.5 Å². The van der Waals surface area contributed by atoms with Crippen LogP contribution in [0.15, 0.2) is 59.1 Å². The van der Waals surface area contributed by atoms with Gasteiger partial charge in [0.15, 0.2) is 8.32 Å². The minimum atomic E-state index is -5.68. The molecule has 3 aliphatic rings. The van der Waals surface area contributed by atoms with Crippen molar-refractivity contribution in [3.05, 3.63) is 85.3 Å². The molecule has 0 saturated carbocycles. The molecule has 3 saturated heterocycles. The van der Waals surface area contributed by atoms with E-state index in [9.17, 15) is 43.8 Å². The Hall–Kier alpha value is -1.81. The highest BCUT2D eigenvalue weighted by molar-refractivity contribution is 9.10. The maximum Gasteiger partial charge on any atom is 0.490 e. The molecule has 23 nitrogen and oxygen atoms in total. The van der Waals surface area contributed by atoms with Crippen LogP contribution in [0.3, 0.4) is 0 Å². The number of methoxy groups -OCH3 is 3. The Kier molecular flexibility index (Phi) is 25.7. The van der Waals surface area contributed by atoms with Gasteiger partial charge in [0, 0.05) is 32.1 Å². The van der Waals surface area contributed by atoms with Crippen LogP contribution < -0.4 is 14.2 Å². The molecule has 75 heavy (non-hydrogen) atoms. The van der Waals surface area contributed by atoms with Gasteiger partial charge in [0.25, 0.3) is 0 Å². The number of hydrogen-bond acceptors (Lipinski definition) is 19. The monoisotopic (exact) mass is 1270 g/mol. The summed E-state index contributed by atoms with van der Waals surface area (Å²) >= 11 is 20.7. The first kappa shape index (κ1) is 67.5. The van der Waals surface area contributed by atoms with Gasteiger partial charge >= 0.3 is 29.4 Å². The third-order valence-corrected chi connectivity index (χ3v) is 21.7. The first-order valence-electron chi connectivity index (χ1n) is 22.5. The zero-order valence-corrected chi connectivity index (χ0v) is 49.8. The number of esters is 1. The number of halogens is 4. The van der Waals surface area contributed by atoms with E-state index in [0.29, 0.717) is 31.9 Å². The molecule has 5 unspecified atom stereocenters. The highest BCUT2D eigenvalue weighted by atomic mass is 79.9. The average Bonchev–Trinajstić information content (AvgIpc) is 3.87. The van der Waals surface area contributed by atoms with Crippen molar-refractivity contribution in [3.8, 4) is 17.2 Å². The Bertz CT molecular complexity index is 2510. The summed E-state index contributed by atoms with van der Waals surface area (Å²) in [6, 6.07) is 14.7. The van der Waals surface area contributed by atoms with Gasteiger partial charge in [-0.25, -0.2) is 18.5 Å². The van der Waals surface area contributed by atoms with Crippen molar-refractivity contribution in [2.75, 3.05) is 34.5 Å². The molecule has 31 heteroatoms. The number of carbonyl (C=O) groups is 1. The summed E-state index contributed by atoms with van der Waals surface area (Å²) in [6.07, 6.45) is -8.95. The number of aliphatic hydroxyl groups excluding tert-OH is 5. The van der Waals surface area contributed by atoms with Gasteiger partial charge in [0.2, 0.25) is 0 Å². The van der Waals surface area contributed by atoms with Crippen molar-refractivity contribution in [2.24, 2.45) is 5.92 Å². The summed E-state index contributed by atoms with van der Waals surface area (Å²) in [4.78, 5) is 47.4. The predicted octanol–water partition coefficient (Wildman–Crippen LogP) is 7.82. The van der Waals surface area contributed by atoms with Gasteiger partial charge in [-0.1, -0.05) is 81.6 Å². The number of carbonyl (C=O) groups excluding carboxylic acids is 1. The number of phosphoric acid groups is 3. The van der Waals surface area contributed by atoms with E-state index in [2.05, 4.69) is 69.9 Å². The second-order valence-corrected chi connectivity index (χ2v) is 29.7. The highest BCUT2D eigenvalue weighted by Crippen LogP contribution is 2.66. The van der Waals surface area contributed by atoms with Crippen molar-refractivity contribution < 1.29 is 110 Å². The van der Waals surface area contributed by atoms with E-state index in [0.717, 1.165) is 16.6 Å². The SMILES string of the molecule is CC[C@H]1OC(=O)C(O[Si](C)(C)C(C)(C)C)[C@H]1C.COc1cc(Cl)ccc1Br.COc1cc(Cl)ccc1[C@@H]1O[C@H](CO)[C@H](O)C1O.COc1cc(Cl)ccc1[C@@H]1O[C@H](COP(=O)(O)OP(=O)(O)OP(=O)(O)O)[C@H](O)C1O. The summed E-state index contributed by atoms with van der Waals surface area (Å²) in [5.74, 6) is 1.45. The molecule has 0 bridgehead atoms. The van der Waals surface area contributed by atoms with Crippen LogP contribution in [0, 0.1) is 5.92 Å². The van der Waals surface area contributed by atoms with Gasteiger partial charge in [-0.15, -0.1) is 0 Å². The summed E-state index contributed by atoms with van der Waals surface area (Å²) < 4.78 is 83.8. The van der Waals surface area contributed by atoms with Gasteiger partial charge in [-0.3, -0.25) is 4.52 Å². The zero-order chi connectivity index (χ0) is 57.2. The van der Waals surface area contributed by atoms with Crippen LogP contribution in [0.5, 0.6) is 17.2 Å². The molecule has 426 valence electrons. The maximum atomic E-state index is 11.8. The zero-order valence-electron chi connectivity index (χ0n) is 42.3. The summed E-state index contributed by atoms with van der Waals surface area (Å²) in [5.41, 5.74) is 0.888. The Morgan fingerprint density at radius 2 is 1.12 bits per heavy atom. The van der Waals surface area contributed by atoms with E-state index in [1.807, 2.05) is 13.0 Å². The second-order valence-electron chi connectivity index (χ2n) is 18.3. The number of rotatable bonds is 16. The standard InChI is InChI=1S/C13H26O3Si.C12H18ClO14P3.C12H15ClO5.C7H6BrClO/c1-8-10-9(2)11(12(14)15-10)16-17(6,7)13(3,4)5;1-23-8-4-6(13)2-3-7(8)12-11(15)10(14)9(25-12)5-24-29(19,20)27-30(21,22)26-28(16,17)18;1-17-8-4-6(13)2-3-7(8)12-11(16)10(15)9(5-14)18-12;1-10-7-4-5(9)2-3-6(7)8/h9-11H,8H2,1-7H3;2-4,9-12,14-15H,5H2,1H3,(H,19,20)(H,21,22)(H2,16,17,18);2-4,9-12,14-16H,5H2,1H3;2-4H,1H3/t9-,10+,11?;2*9-,10+,11?,12+;/m011./s1. The Labute approximate surface area is 458 Å². The Morgan fingerprint density at radius 3 is 1.51 bits per heavy atom. The molecule has 13 atom stereocenters. The fourth-order valence-corrected chi connectivity index (χ4v) is 12.3. The largest absolute Gasteiger partial charge is 0.496 e. The molecule has 0 aromatic heterocycles. The number of aliphatic hydroxyl groups is 5. The molecule has 3 aliphatic heterocycles. The lowest BCUT2D eigenvalue weighted by Gasteiger charge is -2.38. The van der Waals surface area contributed by atoms with Crippen molar-refractivity contribution in [1.29, 1.82) is 0 Å². The van der Waals surface area contributed by atoms with Crippen LogP contribution in [0.4, 0.5) is 0 Å². The minimum Gasteiger partial charge on any atom is -0.496 e. The van der Waals surface area contributed by atoms with Gasteiger partial charge < -0.3 is 78.0 Å². The molecule has 9 N–H and O–H groups in total. The number of phosphoric ester groups is 1. The quantitative estimate of drug-likeness (QED) is 0.0375. The maximum absolute atomic E-state index is 11.8. The second kappa shape index (κ2) is 28.6. The van der Waals surface area contributed by atoms with Crippen molar-refractivity contribution in [1.82, 2.24) is 0 Å². The fourth-order valence-electron chi connectivity index (χ4n) is 7.08. The van der Waals surface area contributed by atoms with Crippen LogP contribution in [-0.2, 0) is 50.3 Å². The lowest BCUT2D eigenvalue weighted by molar-refractivity contribution is -0.146. The summed E-state index contributed by atoms with van der Waals surface area (Å²) in [6.45, 7) is 13.7. The Morgan fingerprint density at radius 1 is 0.680 bits per heavy atom. The normalized spacial score (nSPS) is 27.2. The predicted molar refractivity (Wildman–Crippen MR) is 279 cm³/mol. The molecule has 0 aliphatic carbocycles. The molecular weight excluding hydrogens is 1200 g/mol. The van der Waals surface area contributed by atoms with E-state index in [4.69, 9.17) is 87.4 Å². The van der Waals surface area contributed by atoms with Crippen LogP contribution in [0.1, 0.15) is 64.4 Å². The van der Waals surface area contributed by atoms with Gasteiger partial charge in [-0.2, -0.15) is 8.62 Å². The van der Waals surface area contributed by atoms with Crippen LogP contribution in [-0.4, -0.2) is 143 Å². The fraction of sp³-hybridized carbons (Fsp3) is 0.568. The lowest BCUT2D eigenvalue weighted by atomic mass is 10.00. The molecule has 0 amide bonds. The van der Waals surface area contributed by atoms with Gasteiger partial charge in [0.1, 0.15) is 78.3 Å². The first-order valence-corrected chi connectivity index (χ1v) is 31.9. The number of cyclic esters (lactones) is 1. The molecular formula is C44H65BrCl3O23P3Si. The number of benzene rings is 3. The number of ether oxygens (including phenoxy) is 6. The van der Waals surface area contributed by atoms with Gasteiger partial charge in [0.05, 0.1) is 39.0 Å². The third kappa shape index (κ3) is 19.5. The molecule has 3 aromatic carbocycles. The summed E-state index contributed by atoms with van der Waals surface area (Å²) in [5, 5.41) is 50.7. The van der Waals surface area contributed by atoms with Crippen molar-refractivity contribution in [2.45, 2.75) is 120 Å². The highest BCUT2D eigenvalue weighted by Gasteiger charge is 2.49. The Balaban J connectivity index is 0.000000283. The van der Waals surface area contributed by atoms with E-state index < -0.39 is 87.2 Å². The molecule has 6 rings (SSSR count). The lowest BCUT2D eigenvalue weighted by Crippen LogP contribution is -2.46. The molecule has 3 heterocycles. The van der Waals surface area contributed by atoms with Crippen LogP contribution in [0.25, 0.3) is 0 Å². The molecule has 0 spiro atoms. The molecule has 0 radical (unpaired) electrons. The van der Waals surface area contributed by atoms with Crippen LogP contribution in [0.2, 0.25) is 33.2 Å². The average molecular weight is 1270 g/mol. The van der Waals surface area contributed by atoms with E-state index in [1.54, 1.807) is 37.4 Å². The number of hydrogen-bond donors (Lipinski definition) is 9. The van der Waals surface area contributed by atoms with Gasteiger partial charge in [-0.05, 0) is 82.9 Å². The van der Waals surface area contributed by atoms with E-state index in [1.165, 1.54) is 32.4 Å². The van der Waals surface area contributed by atoms with Crippen LogP contribution >= 0.6 is 74.2 Å². The minimum absolute atomic E-state index is 0.0252. The topological polar surface area (TPSA) is 343 Å². The van der Waals surface area contributed by atoms with E-state index >= 15 is 0 Å². The smallest absolute Gasteiger partial charge is 0.490 e. The molecule has 3 aromatic rings.